The number of carbonyl (C=O) groups excluding carboxylic acids is 6. The second kappa shape index (κ2) is 13.2. The molecule has 2 rings (SSSR count). The predicted octanol–water partition coefficient (Wildman–Crippen LogP) is -1.93. The smallest absolute Gasteiger partial charge is 0.324 e. The van der Waals surface area contributed by atoms with Crippen molar-refractivity contribution in [1.82, 2.24) is 19.6 Å². The summed E-state index contributed by atoms with van der Waals surface area (Å²) in [4.78, 5) is 79.6. The molecule has 2 fully saturated rings. The fourth-order valence-electron chi connectivity index (χ4n) is 3.89. The quantitative estimate of drug-likeness (QED) is 0.219. The van der Waals surface area contributed by atoms with Crippen molar-refractivity contribution in [3.8, 4) is 0 Å². The van der Waals surface area contributed by atoms with Crippen molar-refractivity contribution >= 4 is 35.6 Å². The average molecular weight is 541 g/mol. The minimum atomic E-state index is -0.863. The Labute approximate surface area is 222 Å². The van der Waals surface area contributed by atoms with Crippen LogP contribution in [0.15, 0.2) is 0 Å². The van der Waals surface area contributed by atoms with Gasteiger partial charge in [-0.05, 0) is 25.7 Å². The highest BCUT2D eigenvalue weighted by molar-refractivity contribution is 6.00. The summed E-state index contributed by atoms with van der Waals surface area (Å²) in [6.07, 6.45) is 0. The maximum atomic E-state index is 12.7. The van der Waals surface area contributed by atoms with Crippen molar-refractivity contribution < 1.29 is 38.2 Å². The molecule has 0 saturated carbocycles. The van der Waals surface area contributed by atoms with E-state index in [4.69, 9.17) is 20.9 Å². The van der Waals surface area contributed by atoms with Crippen LogP contribution < -0.4 is 11.5 Å². The van der Waals surface area contributed by atoms with Gasteiger partial charge in [-0.25, -0.2) is 9.80 Å². The van der Waals surface area contributed by atoms with Crippen LogP contribution in [-0.2, 0) is 38.2 Å². The number of hydrogen-bond acceptors (Lipinski definition) is 12. The fourth-order valence-corrected chi connectivity index (χ4v) is 3.89. The Kier molecular flexibility index (Phi) is 10.9. The lowest BCUT2D eigenvalue weighted by molar-refractivity contribution is -0.169. The lowest BCUT2D eigenvalue weighted by atomic mass is 10.1. The van der Waals surface area contributed by atoms with Gasteiger partial charge in [0.05, 0.1) is 26.2 Å². The van der Waals surface area contributed by atoms with E-state index in [1.807, 2.05) is 0 Å². The average Bonchev–Trinajstić information content (AvgIpc) is 2.84. The first-order valence-corrected chi connectivity index (χ1v) is 12.6. The zero-order chi connectivity index (χ0) is 28.9. The lowest BCUT2D eigenvalue weighted by Gasteiger charge is -2.43. The van der Waals surface area contributed by atoms with E-state index in [2.05, 4.69) is 0 Å². The Morgan fingerprint density at radius 3 is 1.13 bits per heavy atom. The molecule has 2 aliphatic heterocycles. The van der Waals surface area contributed by atoms with Crippen molar-refractivity contribution in [2.75, 3.05) is 39.6 Å². The number of carbonyl (C=O) groups is 6. The molecule has 2 heterocycles. The summed E-state index contributed by atoms with van der Waals surface area (Å²) in [6, 6.07) is -2.48. The van der Waals surface area contributed by atoms with E-state index in [1.54, 1.807) is 51.3 Å². The molecular formula is C24H40N6O8. The standard InChI is InChI=1S/C24H40N6O8/c1-13(2)21(25)23(35)37-11-29-17(31)7-27(8-18(29)32)15(5)16(6)28-9-19(33)30(20(34)10-28)12-38-24(36)22(26)14(3)4/h13-16,21-22H,7-12,25-26H2,1-6H3. The van der Waals surface area contributed by atoms with Crippen LogP contribution >= 0.6 is 0 Å². The van der Waals surface area contributed by atoms with Crippen molar-refractivity contribution in [3.63, 3.8) is 0 Å². The highest BCUT2D eigenvalue weighted by atomic mass is 16.6. The number of ether oxygens (including phenoxy) is 2. The molecule has 2 aliphatic rings. The van der Waals surface area contributed by atoms with E-state index in [0.717, 1.165) is 9.80 Å². The number of hydrogen-bond donors (Lipinski definition) is 2. The number of imide groups is 2. The van der Waals surface area contributed by atoms with Crippen LogP contribution in [0.5, 0.6) is 0 Å². The summed E-state index contributed by atoms with van der Waals surface area (Å²) in [7, 11) is 0. The van der Waals surface area contributed by atoms with Crippen LogP contribution in [0.4, 0.5) is 0 Å². The largest absolute Gasteiger partial charge is 0.443 e. The molecule has 0 bridgehead atoms. The summed E-state index contributed by atoms with van der Waals surface area (Å²) in [5, 5.41) is 0. The molecule has 4 amide bonds. The second-order valence-corrected chi connectivity index (χ2v) is 10.4. The monoisotopic (exact) mass is 540 g/mol. The molecule has 0 aromatic rings. The van der Waals surface area contributed by atoms with Gasteiger partial charge in [0, 0.05) is 12.1 Å². The molecule has 0 radical (unpaired) electrons. The van der Waals surface area contributed by atoms with Crippen LogP contribution in [0.1, 0.15) is 41.5 Å². The summed E-state index contributed by atoms with van der Waals surface area (Å²) < 4.78 is 10.1. The number of piperazine rings is 2. The van der Waals surface area contributed by atoms with Crippen LogP contribution in [-0.4, -0.2) is 119 Å². The van der Waals surface area contributed by atoms with Crippen molar-refractivity contribution in [3.05, 3.63) is 0 Å². The van der Waals surface area contributed by atoms with Crippen molar-refractivity contribution in [2.24, 2.45) is 23.3 Å². The zero-order valence-electron chi connectivity index (χ0n) is 22.9. The van der Waals surface area contributed by atoms with Crippen LogP contribution in [0.3, 0.4) is 0 Å². The summed E-state index contributed by atoms with van der Waals surface area (Å²) in [6.45, 7) is 9.13. The predicted molar refractivity (Wildman–Crippen MR) is 133 cm³/mol. The highest BCUT2D eigenvalue weighted by Crippen LogP contribution is 2.18. The Morgan fingerprint density at radius 1 is 0.632 bits per heavy atom. The van der Waals surface area contributed by atoms with Gasteiger partial charge in [-0.1, -0.05) is 27.7 Å². The van der Waals surface area contributed by atoms with Gasteiger partial charge in [-0.15, -0.1) is 0 Å². The molecular weight excluding hydrogens is 500 g/mol. The van der Waals surface area contributed by atoms with E-state index in [-0.39, 0.29) is 50.1 Å². The maximum Gasteiger partial charge on any atom is 0.324 e. The molecule has 0 spiro atoms. The van der Waals surface area contributed by atoms with Crippen LogP contribution in [0.2, 0.25) is 0 Å². The summed E-state index contributed by atoms with van der Waals surface area (Å²) in [5.41, 5.74) is 11.5. The Bertz CT molecular complexity index is 831. The van der Waals surface area contributed by atoms with Crippen molar-refractivity contribution in [1.29, 1.82) is 0 Å². The fraction of sp³-hybridized carbons (Fsp3) is 0.750. The summed E-state index contributed by atoms with van der Waals surface area (Å²) >= 11 is 0. The first kappa shape index (κ1) is 31.3. The molecule has 38 heavy (non-hydrogen) atoms. The van der Waals surface area contributed by atoms with Gasteiger partial charge in [0.15, 0.2) is 13.5 Å². The summed E-state index contributed by atoms with van der Waals surface area (Å²) in [5.74, 6) is -3.87. The van der Waals surface area contributed by atoms with Gasteiger partial charge < -0.3 is 20.9 Å². The highest BCUT2D eigenvalue weighted by Gasteiger charge is 2.40. The molecule has 0 aromatic carbocycles. The zero-order valence-corrected chi connectivity index (χ0v) is 22.9. The third-order valence-electron chi connectivity index (χ3n) is 7.06. The van der Waals surface area contributed by atoms with Gasteiger partial charge in [0.25, 0.3) is 0 Å². The van der Waals surface area contributed by atoms with Gasteiger partial charge >= 0.3 is 11.9 Å². The molecule has 2 saturated heterocycles. The number of amides is 4. The minimum absolute atomic E-state index is 0.112. The molecule has 14 nitrogen and oxygen atoms in total. The lowest BCUT2D eigenvalue weighted by Crippen LogP contribution is -2.63. The number of nitrogens with two attached hydrogens (primary N) is 2. The third-order valence-corrected chi connectivity index (χ3v) is 7.06. The Hall–Kier alpha value is -2.94. The van der Waals surface area contributed by atoms with Crippen LogP contribution in [0, 0.1) is 11.8 Å². The first-order valence-electron chi connectivity index (χ1n) is 12.6. The van der Waals surface area contributed by atoms with Gasteiger partial charge in [-0.2, -0.15) is 0 Å². The Morgan fingerprint density at radius 2 is 0.895 bits per heavy atom. The van der Waals surface area contributed by atoms with E-state index in [0.29, 0.717) is 0 Å². The van der Waals surface area contributed by atoms with Crippen LogP contribution in [0.25, 0.3) is 0 Å². The second-order valence-electron chi connectivity index (χ2n) is 10.4. The van der Waals surface area contributed by atoms with Gasteiger partial charge in [0.2, 0.25) is 23.6 Å². The minimum Gasteiger partial charge on any atom is -0.443 e. The van der Waals surface area contributed by atoms with Gasteiger partial charge in [0.1, 0.15) is 12.1 Å². The first-order chi connectivity index (χ1) is 17.6. The van der Waals surface area contributed by atoms with E-state index in [1.165, 1.54) is 0 Å². The molecule has 0 aliphatic carbocycles. The molecule has 0 aromatic heterocycles. The molecule has 214 valence electrons. The third kappa shape index (κ3) is 7.56. The van der Waals surface area contributed by atoms with E-state index < -0.39 is 61.1 Å². The number of esters is 2. The van der Waals surface area contributed by atoms with Gasteiger partial charge in [-0.3, -0.25) is 38.6 Å². The Balaban J connectivity index is 1.92. The van der Waals surface area contributed by atoms with Crippen molar-refractivity contribution in [2.45, 2.75) is 65.7 Å². The topological polar surface area (TPSA) is 186 Å². The SMILES string of the molecule is CC(C)C(N)C(=O)OCN1C(=O)CN(C(C)C(C)N2CC(=O)N(COC(=O)C(N)C(C)C)C(=O)C2)CC1=O. The molecule has 14 heteroatoms. The molecule has 4 N–H and O–H groups in total. The maximum absolute atomic E-state index is 12.7. The molecule has 4 atom stereocenters. The van der Waals surface area contributed by atoms with E-state index >= 15 is 0 Å². The molecule has 4 unspecified atom stereocenters. The number of rotatable bonds is 11. The normalized spacial score (nSPS) is 21.1. The van der Waals surface area contributed by atoms with E-state index in [9.17, 15) is 28.8 Å². The number of nitrogens with zero attached hydrogens (tertiary/aromatic N) is 4.